The molecule has 2 aromatic carbocycles. The zero-order valence-corrected chi connectivity index (χ0v) is 14.2. The van der Waals surface area contributed by atoms with E-state index in [2.05, 4.69) is 0 Å². The highest BCUT2D eigenvalue weighted by Gasteiger charge is 2.32. The Kier molecular flexibility index (Phi) is 5.96. The van der Waals surface area contributed by atoms with Crippen molar-refractivity contribution in [2.75, 3.05) is 0 Å². The van der Waals surface area contributed by atoms with Gasteiger partial charge in [-0.05, 0) is 30.3 Å². The van der Waals surface area contributed by atoms with Crippen LogP contribution in [0.25, 0.3) is 0 Å². The Hall–Kier alpha value is -3.63. The summed E-state index contributed by atoms with van der Waals surface area (Å²) in [5, 5.41) is 19.7. The van der Waals surface area contributed by atoms with E-state index < -0.39 is 35.1 Å². The second-order valence-electron chi connectivity index (χ2n) is 5.04. The van der Waals surface area contributed by atoms with Gasteiger partial charge in [0.15, 0.2) is 0 Å². The molecule has 0 saturated carbocycles. The Morgan fingerprint density at radius 3 is 2.22 bits per heavy atom. The lowest BCUT2D eigenvalue weighted by molar-refractivity contribution is -0.145. The molecule has 10 nitrogen and oxygen atoms in total. The number of nitrogens with zero attached hydrogens (tertiary/aromatic N) is 1. The molecule has 27 heavy (non-hydrogen) atoms. The fourth-order valence-electron chi connectivity index (χ4n) is 1.98. The summed E-state index contributed by atoms with van der Waals surface area (Å²) in [6.07, 6.45) is 0. The zero-order valence-electron chi connectivity index (χ0n) is 13.5. The predicted molar refractivity (Wildman–Crippen MR) is 92.2 cm³/mol. The van der Waals surface area contributed by atoms with Crippen molar-refractivity contribution in [1.82, 2.24) is 15.9 Å². The Morgan fingerprint density at radius 1 is 0.963 bits per heavy atom. The van der Waals surface area contributed by atoms with Gasteiger partial charge in [-0.2, -0.15) is 5.01 Å². The van der Waals surface area contributed by atoms with Crippen LogP contribution < -0.4 is 16.7 Å². The second-order valence-corrected chi connectivity index (χ2v) is 5.48. The van der Waals surface area contributed by atoms with Crippen molar-refractivity contribution in [3.63, 3.8) is 0 Å². The van der Waals surface area contributed by atoms with Crippen LogP contribution in [0.3, 0.4) is 0 Å². The van der Waals surface area contributed by atoms with E-state index in [0.717, 1.165) is 12.1 Å². The molecule has 0 aliphatic heterocycles. The van der Waals surface area contributed by atoms with Crippen LogP contribution in [0, 0.1) is 0 Å². The van der Waals surface area contributed by atoms with Crippen LogP contribution in [0.5, 0.6) is 11.5 Å². The maximum Gasteiger partial charge on any atom is 0.339 e. The smallest absolute Gasteiger partial charge is 0.339 e. The van der Waals surface area contributed by atoms with E-state index in [1.54, 1.807) is 0 Å². The van der Waals surface area contributed by atoms with Gasteiger partial charge in [0.1, 0.15) is 11.5 Å². The number of hydrogen-bond acceptors (Lipinski definition) is 7. The number of aromatic hydroxyl groups is 2. The number of phenols is 2. The summed E-state index contributed by atoms with van der Waals surface area (Å²) >= 11 is 5.76. The van der Waals surface area contributed by atoms with Gasteiger partial charge in [-0.1, -0.05) is 23.7 Å². The molecular weight excluding hydrogens is 380 g/mol. The molecule has 0 heterocycles. The number of rotatable bonds is 2. The molecule has 2 rings (SSSR count). The summed E-state index contributed by atoms with van der Waals surface area (Å²) in [6.45, 7) is 0. The van der Waals surface area contributed by atoms with E-state index in [0.29, 0.717) is 0 Å². The molecule has 0 aliphatic rings. The quantitative estimate of drug-likeness (QED) is 0.209. The number of benzene rings is 2. The molecule has 0 spiro atoms. The third kappa shape index (κ3) is 4.32. The summed E-state index contributed by atoms with van der Waals surface area (Å²) in [4.78, 5) is 48.6. The highest BCUT2D eigenvalue weighted by atomic mass is 35.5. The van der Waals surface area contributed by atoms with Gasteiger partial charge in [0.25, 0.3) is 11.8 Å². The normalized spacial score (nSPS) is 10.0. The molecule has 0 atom stereocenters. The molecule has 0 radical (unpaired) electrons. The number of nitrogens with one attached hydrogen (secondary N) is 2. The number of phenolic OH excluding ortho intramolecular Hbond substituents is 2. The highest BCUT2D eigenvalue weighted by molar-refractivity contribution is 6.38. The number of nitrogens with two attached hydrogens (primary N) is 1. The first-order chi connectivity index (χ1) is 12.8. The van der Waals surface area contributed by atoms with Gasteiger partial charge in [-0.15, -0.1) is 0 Å². The average Bonchev–Trinajstić information content (AvgIpc) is 2.66. The van der Waals surface area contributed by atoms with Crippen LogP contribution in [-0.2, 0) is 9.59 Å². The number of hydrogen-bond donors (Lipinski definition) is 5. The standard InChI is InChI=1S/C16H13ClN4O6/c17-8-5-6-12(23)10(7-8)13(24)20-21(16(27)14(25)19-18)15(26)9-3-1-2-4-11(9)22/h1-7,22-23H,18H2,(H,19,25)(H,20,24). The van der Waals surface area contributed by atoms with Gasteiger partial charge in [0, 0.05) is 5.02 Å². The van der Waals surface area contributed by atoms with Gasteiger partial charge in [-0.25, -0.2) is 5.84 Å². The van der Waals surface area contributed by atoms with Gasteiger partial charge in [0.2, 0.25) is 0 Å². The molecule has 0 fully saturated rings. The zero-order chi connectivity index (χ0) is 20.1. The Bertz CT molecular complexity index is 933. The number of carbonyl (C=O) groups excluding carboxylic acids is 4. The highest BCUT2D eigenvalue weighted by Crippen LogP contribution is 2.22. The average molecular weight is 393 g/mol. The first-order valence-corrected chi connectivity index (χ1v) is 7.61. The SMILES string of the molecule is NNC(=O)C(=O)N(NC(=O)c1cc(Cl)ccc1O)C(=O)c1ccccc1O. The molecule has 0 aliphatic carbocycles. The molecule has 0 unspecified atom stereocenters. The first-order valence-electron chi connectivity index (χ1n) is 7.23. The number of hydrazine groups is 2. The van der Waals surface area contributed by atoms with Crippen molar-refractivity contribution in [2.45, 2.75) is 0 Å². The molecule has 4 amide bonds. The van der Waals surface area contributed by atoms with Crippen LogP contribution >= 0.6 is 11.6 Å². The van der Waals surface area contributed by atoms with E-state index in [-0.39, 0.29) is 21.2 Å². The third-order valence-electron chi connectivity index (χ3n) is 3.28. The lowest BCUT2D eigenvalue weighted by Crippen LogP contribution is -2.55. The lowest BCUT2D eigenvalue weighted by Gasteiger charge is -2.21. The number of para-hydroxylation sites is 1. The van der Waals surface area contributed by atoms with Crippen molar-refractivity contribution < 1.29 is 29.4 Å². The molecule has 0 bridgehead atoms. The van der Waals surface area contributed by atoms with Crippen molar-refractivity contribution in [3.8, 4) is 11.5 Å². The topological polar surface area (TPSA) is 162 Å². The minimum Gasteiger partial charge on any atom is -0.507 e. The van der Waals surface area contributed by atoms with Crippen LogP contribution in [-0.4, -0.2) is 38.9 Å². The maximum atomic E-state index is 12.6. The van der Waals surface area contributed by atoms with E-state index in [1.807, 2.05) is 5.43 Å². The number of carbonyl (C=O) groups is 4. The Labute approximate surface area is 157 Å². The van der Waals surface area contributed by atoms with E-state index in [1.165, 1.54) is 35.8 Å². The van der Waals surface area contributed by atoms with E-state index in [4.69, 9.17) is 17.4 Å². The van der Waals surface area contributed by atoms with Crippen LogP contribution in [0.2, 0.25) is 5.02 Å². The van der Waals surface area contributed by atoms with Crippen LogP contribution in [0.4, 0.5) is 0 Å². The number of halogens is 1. The fraction of sp³-hybridized carbons (Fsp3) is 0. The lowest BCUT2D eigenvalue weighted by atomic mass is 10.1. The largest absolute Gasteiger partial charge is 0.507 e. The van der Waals surface area contributed by atoms with Gasteiger partial charge in [0.05, 0.1) is 11.1 Å². The molecule has 140 valence electrons. The van der Waals surface area contributed by atoms with Crippen molar-refractivity contribution >= 4 is 35.2 Å². The van der Waals surface area contributed by atoms with Crippen LogP contribution in [0.15, 0.2) is 42.5 Å². The summed E-state index contributed by atoms with van der Waals surface area (Å²) in [5.74, 6) is -1.35. The third-order valence-corrected chi connectivity index (χ3v) is 3.52. The first kappa shape index (κ1) is 19.7. The molecule has 11 heteroatoms. The summed E-state index contributed by atoms with van der Waals surface area (Å²) in [7, 11) is 0. The predicted octanol–water partition coefficient (Wildman–Crippen LogP) is 0.0549. The van der Waals surface area contributed by atoms with Gasteiger partial charge in [-0.3, -0.25) is 30.0 Å². The van der Waals surface area contributed by atoms with Gasteiger partial charge >= 0.3 is 11.8 Å². The molecule has 0 saturated heterocycles. The number of imide groups is 1. The Balaban J connectivity index is 2.41. The summed E-state index contributed by atoms with van der Waals surface area (Å²) < 4.78 is 0. The maximum absolute atomic E-state index is 12.6. The Morgan fingerprint density at radius 2 is 1.59 bits per heavy atom. The molecule has 0 aromatic heterocycles. The molecule has 2 aromatic rings. The molecular formula is C16H13ClN4O6. The summed E-state index contributed by atoms with van der Waals surface area (Å²) in [5.41, 5.74) is 2.69. The molecule has 6 N–H and O–H groups in total. The minimum absolute atomic E-state index is 0.0555. The van der Waals surface area contributed by atoms with Crippen LogP contribution in [0.1, 0.15) is 20.7 Å². The number of amides is 4. The van der Waals surface area contributed by atoms with Crippen molar-refractivity contribution in [3.05, 3.63) is 58.6 Å². The second kappa shape index (κ2) is 8.17. The van der Waals surface area contributed by atoms with Crippen molar-refractivity contribution in [1.29, 1.82) is 0 Å². The fourth-order valence-corrected chi connectivity index (χ4v) is 2.16. The van der Waals surface area contributed by atoms with Gasteiger partial charge < -0.3 is 10.2 Å². The minimum atomic E-state index is -1.53. The van der Waals surface area contributed by atoms with Crippen molar-refractivity contribution in [2.24, 2.45) is 5.84 Å². The monoisotopic (exact) mass is 392 g/mol. The summed E-state index contributed by atoms with van der Waals surface area (Å²) in [6, 6.07) is 8.68. The van der Waals surface area contributed by atoms with E-state index >= 15 is 0 Å². The van der Waals surface area contributed by atoms with E-state index in [9.17, 15) is 29.4 Å².